The quantitative estimate of drug-likeness (QED) is 0.850. The molecule has 1 heterocycles. The highest BCUT2D eigenvalue weighted by Crippen LogP contribution is 2.26. The van der Waals surface area contributed by atoms with Gasteiger partial charge in [0.2, 0.25) is 0 Å². The lowest BCUT2D eigenvalue weighted by Crippen LogP contribution is -2.29. The number of halogens is 1. The van der Waals surface area contributed by atoms with Crippen LogP contribution in [0.15, 0.2) is 22.7 Å². The van der Waals surface area contributed by atoms with Crippen molar-refractivity contribution in [3.8, 4) is 0 Å². The third kappa shape index (κ3) is 2.02. The summed E-state index contributed by atoms with van der Waals surface area (Å²) in [6, 6.07) is 5.56. The summed E-state index contributed by atoms with van der Waals surface area (Å²) in [5, 5.41) is 0. The van der Waals surface area contributed by atoms with E-state index in [1.807, 2.05) is 25.1 Å². The molecule has 1 N–H and O–H groups in total. The van der Waals surface area contributed by atoms with Gasteiger partial charge in [-0.05, 0) is 30.7 Å². The minimum Gasteiger partial charge on any atom is -0.256 e. The minimum absolute atomic E-state index is 0.470. The molecular weight excluding hydrogens is 280 g/mol. The summed E-state index contributed by atoms with van der Waals surface area (Å²) in [5.74, 6) is 0. The Balaban J connectivity index is 2.46. The van der Waals surface area contributed by atoms with Gasteiger partial charge in [0.15, 0.2) is 0 Å². The monoisotopic (exact) mass is 290 g/mol. The number of nitrogens with one attached hydrogen (secondary N) is 1. The second kappa shape index (κ2) is 3.77. The van der Waals surface area contributed by atoms with Crippen LogP contribution in [-0.4, -0.2) is 21.5 Å². The van der Waals surface area contributed by atoms with Crippen molar-refractivity contribution in [3.63, 3.8) is 0 Å². The van der Waals surface area contributed by atoms with Gasteiger partial charge in [-0.2, -0.15) is 13.1 Å². The lowest BCUT2D eigenvalue weighted by Gasteiger charge is -2.18. The van der Waals surface area contributed by atoms with E-state index in [4.69, 9.17) is 0 Å². The summed E-state index contributed by atoms with van der Waals surface area (Å²) < 4.78 is 28.0. The normalized spacial score (nSPS) is 19.5. The van der Waals surface area contributed by atoms with Crippen LogP contribution in [-0.2, 0) is 10.2 Å². The zero-order valence-corrected chi connectivity index (χ0v) is 10.6. The van der Waals surface area contributed by atoms with E-state index in [9.17, 15) is 8.42 Å². The van der Waals surface area contributed by atoms with E-state index in [0.29, 0.717) is 13.1 Å². The number of anilines is 1. The van der Waals surface area contributed by atoms with Gasteiger partial charge in [-0.1, -0.05) is 15.9 Å². The summed E-state index contributed by atoms with van der Waals surface area (Å²) in [6.07, 6.45) is 0. The highest BCUT2D eigenvalue weighted by atomic mass is 79.9. The van der Waals surface area contributed by atoms with Crippen LogP contribution in [0.2, 0.25) is 0 Å². The van der Waals surface area contributed by atoms with Crippen molar-refractivity contribution in [1.29, 1.82) is 0 Å². The first-order valence-electron chi connectivity index (χ1n) is 4.54. The Morgan fingerprint density at radius 2 is 2.20 bits per heavy atom. The first kappa shape index (κ1) is 10.9. The largest absolute Gasteiger partial charge is 0.301 e. The molecule has 1 saturated heterocycles. The number of nitrogens with zero attached hydrogens (tertiary/aromatic N) is 1. The molecule has 0 spiro atoms. The molecule has 0 aliphatic carbocycles. The van der Waals surface area contributed by atoms with E-state index in [-0.39, 0.29) is 0 Å². The van der Waals surface area contributed by atoms with Crippen LogP contribution in [0.3, 0.4) is 0 Å². The van der Waals surface area contributed by atoms with Gasteiger partial charge >= 0.3 is 10.2 Å². The van der Waals surface area contributed by atoms with Crippen LogP contribution in [0.25, 0.3) is 0 Å². The van der Waals surface area contributed by atoms with E-state index in [2.05, 4.69) is 20.7 Å². The molecule has 1 aliphatic heterocycles. The average molecular weight is 291 g/mol. The topological polar surface area (TPSA) is 49.4 Å². The van der Waals surface area contributed by atoms with Crippen molar-refractivity contribution >= 4 is 31.8 Å². The molecule has 1 aliphatic rings. The van der Waals surface area contributed by atoms with Gasteiger partial charge in [0.25, 0.3) is 0 Å². The Labute approximate surface area is 97.6 Å². The van der Waals surface area contributed by atoms with Gasteiger partial charge in [0, 0.05) is 17.6 Å². The van der Waals surface area contributed by atoms with E-state index in [0.717, 1.165) is 15.7 Å². The predicted octanol–water partition coefficient (Wildman–Crippen LogP) is 1.41. The third-order valence-electron chi connectivity index (χ3n) is 2.32. The standard InChI is InChI=1S/C9H11BrN2O2S/c1-7-6-8(10)2-3-9(7)12-5-4-11-15(12,13)14/h2-3,6,11H,4-5H2,1H3. The van der Waals surface area contributed by atoms with Crippen molar-refractivity contribution in [2.75, 3.05) is 17.4 Å². The molecule has 82 valence electrons. The van der Waals surface area contributed by atoms with Crippen LogP contribution in [0.1, 0.15) is 5.56 Å². The van der Waals surface area contributed by atoms with Crippen LogP contribution < -0.4 is 9.03 Å². The first-order valence-corrected chi connectivity index (χ1v) is 6.77. The van der Waals surface area contributed by atoms with E-state index in [1.54, 1.807) is 0 Å². The van der Waals surface area contributed by atoms with Crippen molar-refractivity contribution < 1.29 is 8.42 Å². The van der Waals surface area contributed by atoms with Gasteiger partial charge in [0.1, 0.15) is 0 Å². The fraction of sp³-hybridized carbons (Fsp3) is 0.333. The molecule has 0 amide bonds. The zero-order valence-electron chi connectivity index (χ0n) is 8.20. The molecule has 0 bridgehead atoms. The summed E-state index contributed by atoms with van der Waals surface area (Å²) in [4.78, 5) is 0. The number of aryl methyl sites for hydroxylation is 1. The smallest absolute Gasteiger partial charge is 0.256 e. The third-order valence-corrected chi connectivity index (χ3v) is 4.34. The molecule has 4 nitrogen and oxygen atoms in total. The van der Waals surface area contributed by atoms with Crippen molar-refractivity contribution in [2.24, 2.45) is 0 Å². The van der Waals surface area contributed by atoms with Crippen molar-refractivity contribution in [1.82, 2.24) is 4.72 Å². The van der Waals surface area contributed by atoms with Gasteiger partial charge in [-0.3, -0.25) is 4.31 Å². The zero-order chi connectivity index (χ0) is 11.1. The van der Waals surface area contributed by atoms with Crippen LogP contribution in [0.4, 0.5) is 5.69 Å². The maximum atomic E-state index is 11.6. The van der Waals surface area contributed by atoms with E-state index < -0.39 is 10.2 Å². The van der Waals surface area contributed by atoms with Gasteiger partial charge in [-0.25, -0.2) is 0 Å². The Bertz CT molecular complexity index is 487. The van der Waals surface area contributed by atoms with Crippen LogP contribution in [0.5, 0.6) is 0 Å². The lowest BCUT2D eigenvalue weighted by atomic mass is 10.2. The van der Waals surface area contributed by atoms with Crippen molar-refractivity contribution in [3.05, 3.63) is 28.2 Å². The Morgan fingerprint density at radius 1 is 1.47 bits per heavy atom. The molecular formula is C9H11BrN2O2S. The molecule has 0 atom stereocenters. The Hall–Kier alpha value is -0.590. The number of benzene rings is 1. The number of hydrogen-bond acceptors (Lipinski definition) is 2. The number of rotatable bonds is 1. The molecule has 1 aromatic rings. The summed E-state index contributed by atoms with van der Waals surface area (Å²) >= 11 is 3.35. The molecule has 1 fully saturated rings. The molecule has 0 saturated carbocycles. The Morgan fingerprint density at radius 3 is 2.73 bits per heavy atom. The van der Waals surface area contributed by atoms with Crippen LogP contribution in [0, 0.1) is 6.92 Å². The van der Waals surface area contributed by atoms with E-state index in [1.165, 1.54) is 4.31 Å². The maximum Gasteiger partial charge on any atom is 0.301 e. The molecule has 6 heteroatoms. The Kier molecular flexibility index (Phi) is 2.74. The van der Waals surface area contributed by atoms with Crippen molar-refractivity contribution in [2.45, 2.75) is 6.92 Å². The summed E-state index contributed by atoms with van der Waals surface area (Å²) in [6.45, 7) is 2.86. The highest BCUT2D eigenvalue weighted by Gasteiger charge is 2.28. The fourth-order valence-electron chi connectivity index (χ4n) is 1.62. The highest BCUT2D eigenvalue weighted by molar-refractivity contribution is 9.10. The molecule has 1 aromatic carbocycles. The van der Waals surface area contributed by atoms with E-state index >= 15 is 0 Å². The summed E-state index contributed by atoms with van der Waals surface area (Å²) in [7, 11) is -3.31. The molecule has 0 radical (unpaired) electrons. The maximum absolute atomic E-state index is 11.6. The second-order valence-corrected chi connectivity index (χ2v) is 6.00. The number of hydrogen-bond donors (Lipinski definition) is 1. The predicted molar refractivity (Wildman–Crippen MR) is 63.1 cm³/mol. The van der Waals surface area contributed by atoms with Gasteiger partial charge < -0.3 is 0 Å². The SMILES string of the molecule is Cc1cc(Br)ccc1N1CCNS1(=O)=O. The van der Waals surface area contributed by atoms with Crippen LogP contribution >= 0.6 is 15.9 Å². The first-order chi connectivity index (χ1) is 7.00. The fourth-order valence-corrected chi connectivity index (χ4v) is 3.40. The molecule has 15 heavy (non-hydrogen) atoms. The lowest BCUT2D eigenvalue weighted by molar-refractivity contribution is 0.591. The van der Waals surface area contributed by atoms with Gasteiger partial charge in [0.05, 0.1) is 5.69 Å². The molecule has 2 rings (SSSR count). The minimum atomic E-state index is -3.31. The van der Waals surface area contributed by atoms with Gasteiger partial charge in [-0.15, -0.1) is 0 Å². The molecule has 0 unspecified atom stereocenters. The average Bonchev–Trinajstić information content (AvgIpc) is 2.46. The second-order valence-electron chi connectivity index (χ2n) is 3.40. The molecule has 0 aromatic heterocycles. The summed E-state index contributed by atoms with van der Waals surface area (Å²) in [5.41, 5.74) is 1.68.